The van der Waals surface area contributed by atoms with Gasteiger partial charge in [0.05, 0.1) is 0 Å². The van der Waals surface area contributed by atoms with E-state index in [-0.39, 0.29) is 22.4 Å². The first-order valence-electron chi connectivity index (χ1n) is 13.0. The Labute approximate surface area is 227 Å². The van der Waals surface area contributed by atoms with Gasteiger partial charge in [0.2, 0.25) is 21.1 Å². The largest absolute Gasteiger partial charge is 0.871 e. The van der Waals surface area contributed by atoms with Crippen molar-refractivity contribution in [1.29, 1.82) is 0 Å². The molecule has 0 aromatic carbocycles. The highest BCUT2D eigenvalue weighted by molar-refractivity contribution is 8.06. The summed E-state index contributed by atoms with van der Waals surface area (Å²) in [6.45, 7) is 22.1. The highest BCUT2D eigenvalue weighted by Gasteiger charge is 2.30. The fourth-order valence-corrected chi connectivity index (χ4v) is 6.89. The number of carbonyl (C=O) groups excluding carboxylic acids is 1. The highest BCUT2D eigenvalue weighted by atomic mass is 32.2. The van der Waals surface area contributed by atoms with E-state index in [4.69, 9.17) is 0 Å². The Morgan fingerprint density at radius 2 is 1.56 bits per heavy atom. The molecule has 0 spiro atoms. The molecule has 0 radical (unpaired) electrons. The van der Waals surface area contributed by atoms with Crippen molar-refractivity contribution in [2.45, 2.75) is 87.5 Å². The Kier molecular flexibility index (Phi) is 8.62. The van der Waals surface area contributed by atoms with Crippen molar-refractivity contribution in [2.75, 3.05) is 0 Å². The van der Waals surface area contributed by atoms with E-state index in [2.05, 4.69) is 93.5 Å². The van der Waals surface area contributed by atoms with Crippen molar-refractivity contribution in [3.8, 4) is 0 Å². The average molecular weight is 523 g/mol. The lowest BCUT2D eigenvalue weighted by Gasteiger charge is -2.30. The molecule has 1 aliphatic heterocycles. The second kappa shape index (κ2) is 10.8. The van der Waals surface area contributed by atoms with Crippen LogP contribution in [0.25, 0.3) is 6.08 Å². The van der Waals surface area contributed by atoms with Gasteiger partial charge in [0.25, 0.3) is 0 Å². The average Bonchev–Trinajstić information content (AvgIpc) is 2.73. The van der Waals surface area contributed by atoms with Gasteiger partial charge in [-0.3, -0.25) is 4.79 Å². The summed E-state index contributed by atoms with van der Waals surface area (Å²) in [5, 5.41) is 13.1. The number of hydrogen-bond donors (Lipinski definition) is 0. The van der Waals surface area contributed by atoms with Gasteiger partial charge in [-0.15, -0.1) is 0 Å². The molecule has 194 valence electrons. The van der Waals surface area contributed by atoms with Crippen LogP contribution in [0.15, 0.2) is 62.6 Å². The van der Waals surface area contributed by atoms with E-state index < -0.39 is 0 Å². The smallest absolute Gasteiger partial charge is 0.219 e. The molecule has 0 unspecified atom stereocenters. The molecule has 0 atom stereocenters. The van der Waals surface area contributed by atoms with E-state index in [9.17, 15) is 9.90 Å². The van der Waals surface area contributed by atoms with Crippen LogP contribution in [-0.2, 0) is 16.6 Å². The zero-order valence-corrected chi connectivity index (χ0v) is 25.3. The van der Waals surface area contributed by atoms with Crippen LogP contribution in [0.5, 0.6) is 0 Å². The van der Waals surface area contributed by atoms with Crippen LogP contribution < -0.4 is 5.11 Å². The molecule has 1 aromatic heterocycles. The van der Waals surface area contributed by atoms with Gasteiger partial charge in [0.1, 0.15) is 0 Å². The van der Waals surface area contributed by atoms with Crippen molar-refractivity contribution < 1.29 is 9.90 Å². The van der Waals surface area contributed by atoms with E-state index in [1.165, 1.54) is 19.6 Å². The van der Waals surface area contributed by atoms with Gasteiger partial charge >= 0.3 is 0 Å². The molecule has 0 bridgehead atoms. The quantitative estimate of drug-likeness (QED) is 0.277. The summed E-state index contributed by atoms with van der Waals surface area (Å²) in [5.41, 5.74) is 2.50. The maximum atomic E-state index is 13.1. The topological polar surface area (TPSA) is 40.1 Å². The molecular formula is C32H42O2S2. The maximum Gasteiger partial charge on any atom is 0.219 e. The minimum atomic E-state index is -0.148. The summed E-state index contributed by atoms with van der Waals surface area (Å²) >= 11 is 3.66. The second-order valence-electron chi connectivity index (χ2n) is 12.9. The van der Waals surface area contributed by atoms with Crippen molar-refractivity contribution in [3.63, 3.8) is 0 Å². The van der Waals surface area contributed by atoms with Gasteiger partial charge in [-0.05, 0) is 68.9 Å². The van der Waals surface area contributed by atoms with Gasteiger partial charge < -0.3 is 5.11 Å². The molecule has 0 amide bonds. The first kappa shape index (κ1) is 28.7. The second-order valence-corrected chi connectivity index (χ2v) is 15.2. The molecule has 36 heavy (non-hydrogen) atoms. The molecular weight excluding hydrogens is 480 g/mol. The monoisotopic (exact) mass is 522 g/mol. The fourth-order valence-electron chi connectivity index (χ4n) is 4.10. The van der Waals surface area contributed by atoms with Gasteiger partial charge in [0.15, 0.2) is 5.78 Å². The minimum absolute atomic E-state index is 0.0103. The first-order valence-corrected chi connectivity index (χ1v) is 14.7. The van der Waals surface area contributed by atoms with Crippen LogP contribution in [0.3, 0.4) is 0 Å². The van der Waals surface area contributed by atoms with Gasteiger partial charge in [-0.25, -0.2) is 0 Å². The summed E-state index contributed by atoms with van der Waals surface area (Å²) in [6.07, 6.45) is 9.85. The molecule has 2 nitrogen and oxygen atoms in total. The van der Waals surface area contributed by atoms with Gasteiger partial charge in [-0.2, -0.15) is 0 Å². The predicted molar refractivity (Wildman–Crippen MR) is 157 cm³/mol. The minimum Gasteiger partial charge on any atom is -0.871 e. The summed E-state index contributed by atoms with van der Waals surface area (Å²) in [7, 11) is 0. The molecule has 0 saturated heterocycles. The van der Waals surface area contributed by atoms with Crippen LogP contribution in [0.2, 0.25) is 0 Å². The number of carbonyl (C=O) groups is 1. The van der Waals surface area contributed by atoms with Crippen LogP contribution in [-0.4, -0.2) is 5.78 Å². The summed E-state index contributed by atoms with van der Waals surface area (Å²) in [4.78, 5) is 18.2. The van der Waals surface area contributed by atoms with E-state index >= 15 is 0 Å². The van der Waals surface area contributed by atoms with Crippen LogP contribution in [0.1, 0.15) is 91.0 Å². The zero-order valence-electron chi connectivity index (χ0n) is 23.7. The summed E-state index contributed by atoms with van der Waals surface area (Å²) in [5.74, 6) is 0.795. The normalized spacial score (nSPS) is 19.4. The van der Waals surface area contributed by atoms with E-state index in [0.29, 0.717) is 23.0 Å². The molecule has 0 N–H and O–H groups in total. The van der Waals surface area contributed by atoms with E-state index in [1.807, 2.05) is 23.1 Å². The number of thioether (sulfide) groups is 1. The van der Waals surface area contributed by atoms with Crippen LogP contribution in [0, 0.1) is 17.3 Å². The lowest BCUT2D eigenvalue weighted by atomic mass is 9.84. The molecule has 0 fully saturated rings. The molecule has 0 saturated carbocycles. The van der Waals surface area contributed by atoms with Crippen molar-refractivity contribution in [1.82, 2.24) is 0 Å². The number of rotatable bonds is 6. The maximum absolute atomic E-state index is 13.1. The lowest BCUT2D eigenvalue weighted by Crippen LogP contribution is -2.29. The Hall–Kier alpha value is -1.91. The SMILES string of the molecule is CC(C)CC1=CC(=CC2=C([O-])C(=Cc3cc(CC(C)C)[s+]c(C(C)(C)C)c3)C2=O)C=C(C(C)(C)C)S1. The number of Topliss-reactive ketones (excluding diaryl/α,β-unsaturated/α-hetero) is 1. The molecule has 2 heterocycles. The first-order chi connectivity index (χ1) is 16.5. The molecule has 3 rings (SSSR count). The summed E-state index contributed by atoms with van der Waals surface area (Å²) in [6, 6.07) is 4.28. The van der Waals surface area contributed by atoms with Crippen molar-refractivity contribution >= 4 is 35.0 Å². The number of ketones is 1. The van der Waals surface area contributed by atoms with E-state index in [1.54, 1.807) is 12.2 Å². The Morgan fingerprint density at radius 1 is 0.917 bits per heavy atom. The third kappa shape index (κ3) is 7.10. The Balaban J connectivity index is 2.00. The molecule has 1 aromatic rings. The van der Waals surface area contributed by atoms with Gasteiger partial charge in [0, 0.05) is 35.1 Å². The zero-order chi connectivity index (χ0) is 27.0. The van der Waals surface area contributed by atoms with Gasteiger partial charge in [-0.1, -0.05) is 86.8 Å². The highest BCUT2D eigenvalue weighted by Crippen LogP contribution is 2.45. The Bertz CT molecular complexity index is 1190. The standard InChI is InChI=1S/C32H42O2S2/c1-19(2)11-23-13-21(17-27(35-23)31(5,6)7)15-25-29(33)26(30(25)34)16-22-14-24(12-20(3)4)36-28(18-22)32(8,9)10/h13-20H,11-12H2,1-10H3. The molecule has 4 heteroatoms. The van der Waals surface area contributed by atoms with Crippen molar-refractivity contribution in [3.05, 3.63) is 78.0 Å². The number of allylic oxidation sites excluding steroid dienone is 8. The number of hydrogen-bond acceptors (Lipinski definition) is 3. The van der Waals surface area contributed by atoms with E-state index in [0.717, 1.165) is 24.0 Å². The fraction of sp³-hybridized carbons (Fsp3) is 0.500. The summed E-state index contributed by atoms with van der Waals surface area (Å²) < 4.78 is 0. The molecule has 2 aliphatic rings. The molecule has 1 aliphatic carbocycles. The third-order valence-corrected chi connectivity index (χ3v) is 9.02. The van der Waals surface area contributed by atoms with Crippen LogP contribution in [0.4, 0.5) is 0 Å². The van der Waals surface area contributed by atoms with Crippen molar-refractivity contribution in [2.24, 2.45) is 17.3 Å². The predicted octanol–water partition coefficient (Wildman–Crippen LogP) is 8.64. The Morgan fingerprint density at radius 3 is 2.08 bits per heavy atom. The van der Waals surface area contributed by atoms with Crippen LogP contribution >= 0.6 is 23.1 Å². The third-order valence-electron chi connectivity index (χ3n) is 6.03. The lowest BCUT2D eigenvalue weighted by molar-refractivity contribution is -0.300.